The van der Waals surface area contributed by atoms with E-state index in [0.717, 1.165) is 19.3 Å². The number of hydrogen-bond donors (Lipinski definition) is 0. The van der Waals surface area contributed by atoms with Crippen LogP contribution in [-0.4, -0.2) is 11.6 Å². The first-order valence-electron chi connectivity index (χ1n) is 3.95. The zero-order valence-corrected chi connectivity index (χ0v) is 10.9. The summed E-state index contributed by atoms with van der Waals surface area (Å²) < 4.78 is 0. The molecule has 12 heavy (non-hydrogen) atoms. The summed E-state index contributed by atoms with van der Waals surface area (Å²) >= 11 is 5.58. The van der Waals surface area contributed by atoms with E-state index in [4.69, 9.17) is 43.6 Å². The molecule has 0 saturated heterocycles. The third-order valence-electron chi connectivity index (χ3n) is 1.75. The van der Waals surface area contributed by atoms with E-state index in [1.807, 2.05) is 0 Å². The van der Waals surface area contributed by atoms with Gasteiger partial charge in [0.25, 0.3) is 0 Å². The molecule has 0 saturated carbocycles. The summed E-state index contributed by atoms with van der Waals surface area (Å²) in [6.45, 7) is 2.12. The molecule has 0 heterocycles. The fraction of sp³-hybridized carbons (Fsp3) is 1.00. The van der Waals surface area contributed by atoms with Gasteiger partial charge in [0, 0.05) is 11.6 Å². The molecule has 0 aromatic heterocycles. The van der Waals surface area contributed by atoms with E-state index in [0.29, 0.717) is 17.6 Å². The molecule has 1 atom stereocenters. The van der Waals surface area contributed by atoms with Crippen LogP contribution in [0.2, 0.25) is 0 Å². The largest absolute Gasteiger partial charge is 0.127 e. The van der Waals surface area contributed by atoms with Crippen molar-refractivity contribution in [3.05, 3.63) is 0 Å². The van der Waals surface area contributed by atoms with E-state index in [1.54, 1.807) is 0 Å². The molecule has 0 aliphatic heterocycles. The fourth-order valence-corrected chi connectivity index (χ4v) is 3.73. The zero-order chi connectivity index (χ0) is 9.61. The standard InChI is InChI=1S/C7H14Cl4S/c1-2-7(4-3-5-8)6-12(9,10)11/h7H,2-6H2,1H3. The number of alkyl halides is 1. The summed E-state index contributed by atoms with van der Waals surface area (Å²) in [7, 11) is 15.4. The normalized spacial score (nSPS) is 16.1. The van der Waals surface area contributed by atoms with Crippen molar-refractivity contribution < 1.29 is 0 Å². The first-order valence-corrected chi connectivity index (χ1v) is 8.77. The predicted molar refractivity (Wildman–Crippen MR) is 63.8 cm³/mol. The maximum atomic E-state index is 5.77. The van der Waals surface area contributed by atoms with Crippen LogP contribution in [-0.2, 0) is 0 Å². The number of hydrogen-bond acceptors (Lipinski definition) is 0. The van der Waals surface area contributed by atoms with Gasteiger partial charge in [-0.15, -0.1) is 11.6 Å². The Morgan fingerprint density at radius 3 is 2.17 bits per heavy atom. The zero-order valence-electron chi connectivity index (χ0n) is 7.03. The lowest BCUT2D eigenvalue weighted by atomic mass is 10.0. The molecule has 76 valence electrons. The van der Waals surface area contributed by atoms with Crippen LogP contribution in [0.3, 0.4) is 0 Å². The Morgan fingerprint density at radius 2 is 1.83 bits per heavy atom. The molecule has 0 N–H and O–H groups in total. The van der Waals surface area contributed by atoms with Crippen molar-refractivity contribution >= 4 is 51.3 Å². The Balaban J connectivity index is 3.67. The monoisotopic (exact) mass is 270 g/mol. The highest BCUT2D eigenvalue weighted by atomic mass is 36.2. The van der Waals surface area contributed by atoms with E-state index in [9.17, 15) is 0 Å². The third kappa shape index (κ3) is 8.12. The minimum absolute atomic E-state index is 0.520. The van der Waals surface area contributed by atoms with Gasteiger partial charge in [-0.05, 0) is 58.5 Å². The molecule has 0 radical (unpaired) electrons. The van der Waals surface area contributed by atoms with Gasteiger partial charge in [-0.3, -0.25) is 0 Å². The Kier molecular flexibility index (Phi) is 7.76. The molecule has 0 aliphatic rings. The van der Waals surface area contributed by atoms with E-state index in [-0.39, 0.29) is 0 Å². The summed E-state index contributed by atoms with van der Waals surface area (Å²) in [6, 6.07) is 0. The summed E-state index contributed by atoms with van der Waals surface area (Å²) in [5.74, 6) is 1.93. The lowest BCUT2D eigenvalue weighted by Crippen LogP contribution is -2.05. The van der Waals surface area contributed by atoms with Crippen LogP contribution in [0, 0.1) is 5.92 Å². The average molecular weight is 272 g/mol. The van der Waals surface area contributed by atoms with Crippen LogP contribution in [0.5, 0.6) is 0 Å². The molecule has 0 nitrogen and oxygen atoms in total. The minimum atomic E-state index is -1.89. The van der Waals surface area contributed by atoms with E-state index >= 15 is 0 Å². The van der Waals surface area contributed by atoms with Crippen molar-refractivity contribution in [1.29, 1.82) is 0 Å². The third-order valence-corrected chi connectivity index (χ3v) is 4.00. The molecule has 0 aliphatic carbocycles. The van der Waals surface area contributed by atoms with Crippen LogP contribution >= 0.6 is 51.3 Å². The highest BCUT2D eigenvalue weighted by molar-refractivity contribution is 8.79. The fourth-order valence-electron chi connectivity index (χ4n) is 1.04. The molecule has 5 heteroatoms. The number of rotatable bonds is 6. The second-order valence-electron chi connectivity index (χ2n) is 2.77. The van der Waals surface area contributed by atoms with Gasteiger partial charge < -0.3 is 0 Å². The van der Waals surface area contributed by atoms with Gasteiger partial charge in [-0.2, -0.15) is 0 Å². The lowest BCUT2D eigenvalue weighted by molar-refractivity contribution is 0.519. The predicted octanol–water partition coefficient (Wildman–Crippen LogP) is 5.30. The van der Waals surface area contributed by atoms with Crippen molar-refractivity contribution in [3.8, 4) is 0 Å². The van der Waals surface area contributed by atoms with Crippen molar-refractivity contribution in [2.45, 2.75) is 26.2 Å². The van der Waals surface area contributed by atoms with Crippen molar-refractivity contribution in [3.63, 3.8) is 0 Å². The van der Waals surface area contributed by atoms with Crippen molar-refractivity contribution in [2.75, 3.05) is 11.6 Å². The molecule has 0 aromatic carbocycles. The van der Waals surface area contributed by atoms with Crippen LogP contribution in [0.1, 0.15) is 26.2 Å². The van der Waals surface area contributed by atoms with E-state index in [2.05, 4.69) is 6.92 Å². The number of halogens is 4. The van der Waals surface area contributed by atoms with Gasteiger partial charge >= 0.3 is 0 Å². The van der Waals surface area contributed by atoms with Gasteiger partial charge in [-0.25, -0.2) is 0 Å². The smallest absolute Gasteiger partial charge is 0.0223 e. The molecule has 0 rings (SSSR count). The summed E-state index contributed by atoms with van der Waals surface area (Å²) in [4.78, 5) is 0. The average Bonchev–Trinajstić information content (AvgIpc) is 1.95. The maximum Gasteiger partial charge on any atom is 0.0223 e. The Labute approximate surface area is 94.7 Å². The Bertz CT molecular complexity index is 112. The Hall–Kier alpha value is 1.51. The van der Waals surface area contributed by atoms with Gasteiger partial charge in [0.1, 0.15) is 0 Å². The molecular formula is C7H14Cl4S. The van der Waals surface area contributed by atoms with Crippen LogP contribution < -0.4 is 0 Å². The van der Waals surface area contributed by atoms with Gasteiger partial charge in [-0.1, -0.05) is 13.3 Å². The molecular weight excluding hydrogens is 258 g/mol. The minimum Gasteiger partial charge on any atom is -0.127 e. The molecule has 1 unspecified atom stereocenters. The van der Waals surface area contributed by atoms with Crippen LogP contribution in [0.25, 0.3) is 0 Å². The maximum absolute atomic E-state index is 5.77. The summed E-state index contributed by atoms with van der Waals surface area (Å²) in [6.07, 6.45) is 3.15. The highest BCUT2D eigenvalue weighted by Crippen LogP contribution is 2.64. The van der Waals surface area contributed by atoms with Gasteiger partial charge in [0.2, 0.25) is 0 Å². The quantitative estimate of drug-likeness (QED) is 0.576. The van der Waals surface area contributed by atoms with Gasteiger partial charge in [0.05, 0.1) is 0 Å². The molecule has 0 fully saturated rings. The van der Waals surface area contributed by atoms with Crippen LogP contribution in [0.15, 0.2) is 0 Å². The first kappa shape index (κ1) is 13.5. The van der Waals surface area contributed by atoms with Crippen LogP contribution in [0.4, 0.5) is 0 Å². The molecule has 0 amide bonds. The SMILES string of the molecule is CCC(CCCCl)CS(Cl)(Cl)Cl. The van der Waals surface area contributed by atoms with Crippen molar-refractivity contribution in [2.24, 2.45) is 5.92 Å². The molecule has 0 bridgehead atoms. The Morgan fingerprint density at radius 1 is 1.25 bits per heavy atom. The van der Waals surface area contributed by atoms with Gasteiger partial charge in [0.15, 0.2) is 0 Å². The molecule has 0 aromatic rings. The van der Waals surface area contributed by atoms with E-state index < -0.39 is 7.67 Å². The summed E-state index contributed by atoms with van der Waals surface area (Å²) in [5, 5.41) is 0. The van der Waals surface area contributed by atoms with E-state index in [1.165, 1.54) is 0 Å². The topological polar surface area (TPSA) is 0 Å². The van der Waals surface area contributed by atoms with Crippen molar-refractivity contribution in [1.82, 2.24) is 0 Å². The second kappa shape index (κ2) is 6.89. The molecule has 0 spiro atoms. The second-order valence-corrected chi connectivity index (χ2v) is 10.7. The highest BCUT2D eigenvalue weighted by Gasteiger charge is 2.19. The lowest BCUT2D eigenvalue weighted by Gasteiger charge is -2.22. The first-order chi connectivity index (χ1) is 5.49. The summed E-state index contributed by atoms with van der Waals surface area (Å²) in [5.41, 5.74) is 0.